The Morgan fingerprint density at radius 3 is 2.28 bits per heavy atom. The first-order valence-electron chi connectivity index (χ1n) is 5.62. The molecule has 0 radical (unpaired) electrons. The van der Waals surface area contributed by atoms with Gasteiger partial charge in [0.1, 0.15) is 0 Å². The number of aromatic nitrogens is 2. The maximum atomic E-state index is 5.63. The second kappa shape index (κ2) is 5.40. The van der Waals surface area contributed by atoms with Gasteiger partial charge in [0.25, 0.3) is 0 Å². The van der Waals surface area contributed by atoms with Crippen LogP contribution in [0.3, 0.4) is 0 Å². The molecule has 1 aromatic heterocycles. The average Bonchev–Trinajstić information content (AvgIpc) is 2.69. The Morgan fingerprint density at radius 1 is 1.17 bits per heavy atom. The SMILES string of the molecule is CC(C)(C)c1noc(Cc2ccc(N)cc2)n1.Cl. The Bertz CT molecular complexity index is 500. The second-order valence-electron chi connectivity index (χ2n) is 5.18. The van der Waals surface area contributed by atoms with Gasteiger partial charge in [-0.05, 0) is 17.7 Å². The summed E-state index contributed by atoms with van der Waals surface area (Å²) >= 11 is 0. The summed E-state index contributed by atoms with van der Waals surface area (Å²) in [5, 5.41) is 3.99. The molecule has 98 valence electrons. The third kappa shape index (κ3) is 3.47. The van der Waals surface area contributed by atoms with Gasteiger partial charge in [-0.15, -0.1) is 12.4 Å². The Morgan fingerprint density at radius 2 is 1.78 bits per heavy atom. The number of nitrogens with zero attached hydrogens (tertiary/aromatic N) is 2. The largest absolute Gasteiger partial charge is 0.399 e. The predicted molar refractivity (Wildman–Crippen MR) is 73.9 cm³/mol. The van der Waals surface area contributed by atoms with Gasteiger partial charge in [-0.25, -0.2) is 0 Å². The number of rotatable bonds is 2. The molecule has 0 unspecified atom stereocenters. The van der Waals surface area contributed by atoms with E-state index >= 15 is 0 Å². The van der Waals surface area contributed by atoms with Crippen molar-refractivity contribution >= 4 is 18.1 Å². The standard InChI is InChI=1S/C13H17N3O.ClH/c1-13(2,3)12-15-11(17-16-12)8-9-4-6-10(14)7-5-9;/h4-7H,8,14H2,1-3H3;1H. The minimum absolute atomic E-state index is 0. The minimum Gasteiger partial charge on any atom is -0.399 e. The summed E-state index contributed by atoms with van der Waals surface area (Å²) in [6, 6.07) is 7.68. The van der Waals surface area contributed by atoms with Crippen LogP contribution in [-0.4, -0.2) is 10.1 Å². The first-order chi connectivity index (χ1) is 7.95. The van der Waals surface area contributed by atoms with E-state index in [1.807, 2.05) is 24.3 Å². The van der Waals surface area contributed by atoms with Gasteiger partial charge >= 0.3 is 0 Å². The zero-order valence-electron chi connectivity index (χ0n) is 10.8. The van der Waals surface area contributed by atoms with Crippen molar-refractivity contribution in [3.05, 3.63) is 41.5 Å². The van der Waals surface area contributed by atoms with E-state index in [-0.39, 0.29) is 17.8 Å². The third-order valence-electron chi connectivity index (χ3n) is 2.47. The Labute approximate surface area is 113 Å². The number of nitrogen functional groups attached to an aromatic ring is 1. The van der Waals surface area contributed by atoms with E-state index in [0.717, 1.165) is 17.1 Å². The van der Waals surface area contributed by atoms with Gasteiger partial charge < -0.3 is 10.3 Å². The fraction of sp³-hybridized carbons (Fsp3) is 0.385. The van der Waals surface area contributed by atoms with Crippen molar-refractivity contribution in [2.45, 2.75) is 32.6 Å². The molecule has 0 spiro atoms. The van der Waals surface area contributed by atoms with Crippen LogP contribution in [0.1, 0.15) is 38.0 Å². The molecule has 0 aliphatic heterocycles. The lowest BCUT2D eigenvalue weighted by atomic mass is 9.96. The van der Waals surface area contributed by atoms with Gasteiger partial charge in [0, 0.05) is 11.1 Å². The van der Waals surface area contributed by atoms with E-state index in [4.69, 9.17) is 10.3 Å². The molecular formula is C13H18ClN3O. The van der Waals surface area contributed by atoms with Crippen LogP contribution in [0, 0.1) is 0 Å². The van der Waals surface area contributed by atoms with Crippen molar-refractivity contribution in [2.24, 2.45) is 0 Å². The highest BCUT2D eigenvalue weighted by atomic mass is 35.5. The lowest BCUT2D eigenvalue weighted by Crippen LogP contribution is -2.13. The van der Waals surface area contributed by atoms with Gasteiger partial charge in [-0.1, -0.05) is 38.1 Å². The Hall–Kier alpha value is -1.55. The molecule has 0 bridgehead atoms. The number of benzene rings is 1. The first kappa shape index (κ1) is 14.5. The van der Waals surface area contributed by atoms with Crippen molar-refractivity contribution in [1.29, 1.82) is 0 Å². The number of hydrogen-bond acceptors (Lipinski definition) is 4. The highest BCUT2D eigenvalue weighted by Gasteiger charge is 2.20. The van der Waals surface area contributed by atoms with Crippen LogP contribution in [0.15, 0.2) is 28.8 Å². The predicted octanol–water partition coefficient (Wildman–Crippen LogP) is 2.96. The lowest BCUT2D eigenvalue weighted by Gasteiger charge is -2.10. The number of anilines is 1. The zero-order chi connectivity index (χ0) is 12.5. The van der Waals surface area contributed by atoms with Crippen LogP contribution in [0.5, 0.6) is 0 Å². The maximum Gasteiger partial charge on any atom is 0.231 e. The third-order valence-corrected chi connectivity index (χ3v) is 2.47. The van der Waals surface area contributed by atoms with Crippen LogP contribution in [0.4, 0.5) is 5.69 Å². The van der Waals surface area contributed by atoms with E-state index in [0.29, 0.717) is 12.3 Å². The summed E-state index contributed by atoms with van der Waals surface area (Å²) in [6.45, 7) is 6.18. The molecule has 0 aliphatic carbocycles. The molecular weight excluding hydrogens is 250 g/mol. The van der Waals surface area contributed by atoms with Crippen molar-refractivity contribution in [1.82, 2.24) is 10.1 Å². The summed E-state index contributed by atoms with van der Waals surface area (Å²) in [5.41, 5.74) is 7.42. The number of halogens is 1. The fourth-order valence-electron chi connectivity index (χ4n) is 1.44. The monoisotopic (exact) mass is 267 g/mol. The van der Waals surface area contributed by atoms with Gasteiger partial charge in [-0.2, -0.15) is 4.98 Å². The molecule has 2 rings (SSSR count). The molecule has 4 nitrogen and oxygen atoms in total. The van der Waals surface area contributed by atoms with Crippen LogP contribution >= 0.6 is 12.4 Å². The van der Waals surface area contributed by atoms with Crippen LogP contribution in [-0.2, 0) is 11.8 Å². The number of hydrogen-bond donors (Lipinski definition) is 1. The van der Waals surface area contributed by atoms with Crippen molar-refractivity contribution in [3.63, 3.8) is 0 Å². The maximum absolute atomic E-state index is 5.63. The highest BCUT2D eigenvalue weighted by Crippen LogP contribution is 2.19. The van der Waals surface area contributed by atoms with Gasteiger partial charge in [0.15, 0.2) is 5.82 Å². The van der Waals surface area contributed by atoms with Crippen LogP contribution < -0.4 is 5.73 Å². The lowest BCUT2D eigenvalue weighted by molar-refractivity contribution is 0.368. The van der Waals surface area contributed by atoms with Crippen molar-refractivity contribution < 1.29 is 4.52 Å². The van der Waals surface area contributed by atoms with E-state index in [1.165, 1.54) is 0 Å². The molecule has 0 saturated carbocycles. The smallest absolute Gasteiger partial charge is 0.231 e. The quantitative estimate of drug-likeness (QED) is 0.850. The van der Waals surface area contributed by atoms with Crippen LogP contribution in [0.25, 0.3) is 0 Å². The van der Waals surface area contributed by atoms with Crippen molar-refractivity contribution in [3.8, 4) is 0 Å². The van der Waals surface area contributed by atoms with E-state index in [2.05, 4.69) is 30.9 Å². The minimum atomic E-state index is -0.0805. The molecule has 2 N–H and O–H groups in total. The summed E-state index contributed by atoms with van der Waals surface area (Å²) < 4.78 is 5.23. The number of nitrogens with two attached hydrogens (primary N) is 1. The molecule has 0 fully saturated rings. The topological polar surface area (TPSA) is 64.9 Å². The Balaban J connectivity index is 0.00000162. The Kier molecular flexibility index (Phi) is 4.35. The first-order valence-corrected chi connectivity index (χ1v) is 5.62. The van der Waals surface area contributed by atoms with Crippen molar-refractivity contribution in [2.75, 3.05) is 5.73 Å². The molecule has 1 heterocycles. The van der Waals surface area contributed by atoms with Gasteiger partial charge in [0.05, 0.1) is 6.42 Å². The summed E-state index contributed by atoms with van der Waals surface area (Å²) in [7, 11) is 0. The van der Waals surface area contributed by atoms with E-state index in [1.54, 1.807) is 0 Å². The normalized spacial score (nSPS) is 11.1. The highest BCUT2D eigenvalue weighted by molar-refractivity contribution is 5.85. The zero-order valence-corrected chi connectivity index (χ0v) is 11.6. The summed E-state index contributed by atoms with van der Waals surface area (Å²) in [6.07, 6.45) is 0.642. The van der Waals surface area contributed by atoms with E-state index < -0.39 is 0 Å². The molecule has 2 aromatic rings. The summed E-state index contributed by atoms with van der Waals surface area (Å²) in [4.78, 5) is 4.39. The molecule has 0 atom stereocenters. The molecule has 1 aromatic carbocycles. The van der Waals surface area contributed by atoms with Gasteiger partial charge in [-0.3, -0.25) is 0 Å². The fourth-order valence-corrected chi connectivity index (χ4v) is 1.44. The average molecular weight is 268 g/mol. The summed E-state index contributed by atoms with van der Waals surface area (Å²) in [5.74, 6) is 1.38. The molecule has 0 aliphatic rings. The van der Waals surface area contributed by atoms with Gasteiger partial charge in [0.2, 0.25) is 5.89 Å². The van der Waals surface area contributed by atoms with E-state index in [9.17, 15) is 0 Å². The van der Waals surface area contributed by atoms with Crippen LogP contribution in [0.2, 0.25) is 0 Å². The molecule has 0 amide bonds. The second-order valence-corrected chi connectivity index (χ2v) is 5.18. The molecule has 5 heteroatoms. The molecule has 18 heavy (non-hydrogen) atoms. The molecule has 0 saturated heterocycles.